The summed E-state index contributed by atoms with van der Waals surface area (Å²) in [6, 6.07) is 1.95. The fraction of sp³-hybridized carbons (Fsp3) is 0.0909. The average molecular weight is 258 g/mol. The van der Waals surface area contributed by atoms with Gasteiger partial charge in [0.2, 0.25) is 0 Å². The largest absolute Gasteiger partial charge is 0.387 e. The number of nitrogens with zero attached hydrogens (tertiary/aromatic N) is 5. The summed E-state index contributed by atoms with van der Waals surface area (Å²) < 4.78 is 3.53. The van der Waals surface area contributed by atoms with E-state index in [1.807, 2.05) is 13.0 Å². The molecule has 0 saturated carbocycles. The number of hydrogen-bond acceptors (Lipinski definition) is 4. The lowest BCUT2D eigenvalue weighted by Gasteiger charge is -2.06. The van der Waals surface area contributed by atoms with Gasteiger partial charge in [-0.3, -0.25) is 4.57 Å². The zero-order valence-corrected chi connectivity index (χ0v) is 10.4. The molecule has 3 rings (SSSR count). The number of rotatable bonds is 2. The molecule has 0 aliphatic carbocycles. The molecule has 0 saturated heterocycles. The van der Waals surface area contributed by atoms with E-state index >= 15 is 0 Å². The fourth-order valence-corrected chi connectivity index (χ4v) is 2.02. The maximum atomic E-state index is 5.64. The number of fused-ring (bicyclic) bond motifs is 1. The number of imidazole rings is 1. The van der Waals surface area contributed by atoms with Crippen molar-refractivity contribution < 1.29 is 0 Å². The normalized spacial score (nSPS) is 10.9. The molecular weight excluding hydrogens is 248 g/mol. The Hall–Kier alpha value is -2.28. The van der Waals surface area contributed by atoms with Gasteiger partial charge in [-0.2, -0.15) is 5.10 Å². The monoisotopic (exact) mass is 258 g/mol. The lowest BCUT2D eigenvalue weighted by Crippen LogP contribution is -2.16. The molecule has 18 heavy (non-hydrogen) atoms. The second-order valence-corrected chi connectivity index (χ2v) is 4.29. The van der Waals surface area contributed by atoms with Gasteiger partial charge >= 0.3 is 0 Å². The first-order valence-electron chi connectivity index (χ1n) is 5.31. The minimum absolute atomic E-state index is 0.236. The average Bonchev–Trinajstić information content (AvgIpc) is 2.92. The third-order valence-electron chi connectivity index (χ3n) is 2.58. The van der Waals surface area contributed by atoms with Crippen molar-refractivity contribution in [1.29, 1.82) is 0 Å². The van der Waals surface area contributed by atoms with Crippen molar-refractivity contribution in [1.82, 2.24) is 24.1 Å². The van der Waals surface area contributed by atoms with Gasteiger partial charge in [-0.1, -0.05) is 12.2 Å². The van der Waals surface area contributed by atoms with E-state index in [1.165, 1.54) is 0 Å². The number of aryl methyl sites for hydroxylation is 1. The maximum Gasteiger partial charge on any atom is 0.173 e. The van der Waals surface area contributed by atoms with E-state index in [4.69, 9.17) is 18.0 Å². The van der Waals surface area contributed by atoms with Crippen molar-refractivity contribution in [2.75, 3.05) is 0 Å². The quantitative estimate of drug-likeness (QED) is 0.690. The topological polar surface area (TPSA) is 74.0 Å². The Labute approximate surface area is 108 Å². The minimum Gasteiger partial charge on any atom is -0.387 e. The molecule has 6 nitrogen and oxygen atoms in total. The summed E-state index contributed by atoms with van der Waals surface area (Å²) in [6.45, 7) is 1.93. The summed E-state index contributed by atoms with van der Waals surface area (Å²) in [5, 5.41) is 4.34. The zero-order valence-electron chi connectivity index (χ0n) is 9.61. The summed E-state index contributed by atoms with van der Waals surface area (Å²) in [4.78, 5) is 8.72. The molecule has 0 radical (unpaired) electrons. The van der Waals surface area contributed by atoms with Crippen LogP contribution >= 0.6 is 12.2 Å². The van der Waals surface area contributed by atoms with E-state index in [0.29, 0.717) is 11.6 Å². The van der Waals surface area contributed by atoms with Crippen LogP contribution in [0.15, 0.2) is 30.9 Å². The van der Waals surface area contributed by atoms with E-state index in [9.17, 15) is 0 Å². The molecule has 0 spiro atoms. The van der Waals surface area contributed by atoms with E-state index in [-0.39, 0.29) is 4.99 Å². The maximum absolute atomic E-state index is 5.64. The summed E-state index contributed by atoms with van der Waals surface area (Å²) in [6.07, 6.45) is 6.89. The van der Waals surface area contributed by atoms with Gasteiger partial charge in [-0.25, -0.2) is 14.5 Å². The molecule has 0 aliphatic rings. The number of thiocarbonyl (C=S) groups is 1. The van der Waals surface area contributed by atoms with Crippen molar-refractivity contribution in [2.24, 2.45) is 5.73 Å². The Morgan fingerprint density at radius 2 is 2.06 bits per heavy atom. The lowest BCUT2D eigenvalue weighted by molar-refractivity contribution is 0.894. The van der Waals surface area contributed by atoms with Gasteiger partial charge in [0.1, 0.15) is 10.5 Å². The molecule has 90 valence electrons. The van der Waals surface area contributed by atoms with Crippen LogP contribution < -0.4 is 5.73 Å². The highest BCUT2D eigenvalue weighted by Gasteiger charge is 2.12. The van der Waals surface area contributed by atoms with Crippen LogP contribution in [-0.2, 0) is 0 Å². The molecule has 3 aromatic heterocycles. The summed E-state index contributed by atoms with van der Waals surface area (Å²) in [5.74, 6) is 1.22. The second-order valence-electron chi connectivity index (χ2n) is 3.85. The van der Waals surface area contributed by atoms with Crippen molar-refractivity contribution >= 4 is 22.7 Å². The SMILES string of the molecule is Cc1cc2c(-n3ccnc3C(N)=S)nccn2n1. The number of hydrogen-bond donors (Lipinski definition) is 1. The smallest absolute Gasteiger partial charge is 0.173 e. The predicted octanol–water partition coefficient (Wildman–Crippen LogP) is 0.858. The first-order chi connectivity index (χ1) is 8.66. The van der Waals surface area contributed by atoms with Crippen LogP contribution in [0.25, 0.3) is 11.3 Å². The van der Waals surface area contributed by atoms with Gasteiger partial charge in [0.05, 0.1) is 5.69 Å². The molecule has 0 amide bonds. The van der Waals surface area contributed by atoms with E-state index in [1.54, 1.807) is 33.9 Å². The van der Waals surface area contributed by atoms with Crippen molar-refractivity contribution in [2.45, 2.75) is 6.92 Å². The molecule has 0 aliphatic heterocycles. The van der Waals surface area contributed by atoms with Gasteiger partial charge in [-0.05, 0) is 13.0 Å². The summed E-state index contributed by atoms with van der Waals surface area (Å²) >= 11 is 4.98. The highest BCUT2D eigenvalue weighted by Crippen LogP contribution is 2.15. The van der Waals surface area contributed by atoms with Gasteiger partial charge in [0.25, 0.3) is 0 Å². The van der Waals surface area contributed by atoms with Crippen molar-refractivity contribution in [3.05, 3.63) is 42.4 Å². The van der Waals surface area contributed by atoms with Crippen LogP contribution in [0.4, 0.5) is 0 Å². The molecule has 0 unspecified atom stereocenters. The Bertz CT molecular complexity index is 741. The van der Waals surface area contributed by atoms with Crippen LogP contribution in [0.3, 0.4) is 0 Å². The minimum atomic E-state index is 0.236. The van der Waals surface area contributed by atoms with Crippen molar-refractivity contribution in [3.8, 4) is 5.82 Å². The Morgan fingerprint density at radius 1 is 1.28 bits per heavy atom. The Morgan fingerprint density at radius 3 is 2.83 bits per heavy atom. The summed E-state index contributed by atoms with van der Waals surface area (Å²) in [5.41, 5.74) is 7.44. The standard InChI is InChI=1S/C11H10N6S/c1-7-6-8-10(13-3-5-17(8)15-7)16-4-2-14-11(16)9(12)18/h2-6H,1H3,(H2,12,18). The molecule has 0 aromatic carbocycles. The molecule has 3 heterocycles. The molecule has 0 fully saturated rings. The molecular formula is C11H10N6S. The lowest BCUT2D eigenvalue weighted by atomic mass is 10.4. The van der Waals surface area contributed by atoms with Gasteiger partial charge < -0.3 is 5.73 Å². The highest BCUT2D eigenvalue weighted by atomic mass is 32.1. The summed E-state index contributed by atoms with van der Waals surface area (Å²) in [7, 11) is 0. The third kappa shape index (κ3) is 1.56. The first-order valence-corrected chi connectivity index (χ1v) is 5.72. The molecule has 7 heteroatoms. The molecule has 2 N–H and O–H groups in total. The van der Waals surface area contributed by atoms with Crippen LogP contribution in [-0.4, -0.2) is 29.1 Å². The van der Waals surface area contributed by atoms with Crippen LogP contribution in [0.1, 0.15) is 11.5 Å². The Kier molecular flexibility index (Phi) is 2.34. The van der Waals surface area contributed by atoms with Gasteiger partial charge in [0.15, 0.2) is 11.6 Å². The first kappa shape index (κ1) is 10.8. The zero-order chi connectivity index (χ0) is 12.7. The molecule has 0 bridgehead atoms. The Balaban J connectivity index is 2.31. The van der Waals surface area contributed by atoms with E-state index in [2.05, 4.69) is 15.1 Å². The van der Waals surface area contributed by atoms with E-state index in [0.717, 1.165) is 11.2 Å². The van der Waals surface area contributed by atoms with Crippen LogP contribution in [0.2, 0.25) is 0 Å². The van der Waals surface area contributed by atoms with Gasteiger partial charge in [0, 0.05) is 24.8 Å². The third-order valence-corrected chi connectivity index (χ3v) is 2.76. The molecule has 0 atom stereocenters. The molecule has 3 aromatic rings. The van der Waals surface area contributed by atoms with Crippen molar-refractivity contribution in [3.63, 3.8) is 0 Å². The van der Waals surface area contributed by atoms with Crippen LogP contribution in [0.5, 0.6) is 0 Å². The predicted molar refractivity (Wildman–Crippen MR) is 70.7 cm³/mol. The van der Waals surface area contributed by atoms with Gasteiger partial charge in [-0.15, -0.1) is 0 Å². The highest BCUT2D eigenvalue weighted by molar-refractivity contribution is 7.80. The second kappa shape index (κ2) is 3.88. The van der Waals surface area contributed by atoms with E-state index < -0.39 is 0 Å². The number of aromatic nitrogens is 5. The number of nitrogens with two attached hydrogens (primary N) is 1. The van der Waals surface area contributed by atoms with Crippen LogP contribution in [0, 0.1) is 6.92 Å². The fourth-order valence-electron chi connectivity index (χ4n) is 1.87.